The molecule has 3 heterocycles. The van der Waals surface area contributed by atoms with Crippen LogP contribution in [-0.4, -0.2) is 60.6 Å². The minimum atomic E-state index is 0.941. The molecule has 0 bridgehead atoms. The lowest BCUT2D eigenvalue weighted by atomic mass is 10.3. The van der Waals surface area contributed by atoms with Crippen LogP contribution in [0.5, 0.6) is 0 Å². The van der Waals surface area contributed by atoms with Crippen molar-refractivity contribution in [2.24, 2.45) is 0 Å². The number of hydrogen-bond donors (Lipinski definition) is 0. The van der Waals surface area contributed by atoms with E-state index in [1.807, 2.05) is 0 Å². The summed E-state index contributed by atoms with van der Waals surface area (Å²) in [5.74, 6) is 8.46. The first-order valence-electron chi connectivity index (χ1n) is 6.04. The van der Waals surface area contributed by atoms with Gasteiger partial charge in [0.1, 0.15) is 0 Å². The quantitative estimate of drug-likeness (QED) is 0.714. The minimum absolute atomic E-state index is 0.941. The molecule has 3 saturated heterocycles. The van der Waals surface area contributed by atoms with Gasteiger partial charge in [-0.3, -0.25) is 0 Å². The molecule has 0 amide bonds. The molecule has 0 N–H and O–H groups in total. The summed E-state index contributed by atoms with van der Waals surface area (Å²) in [7, 11) is 0. The van der Waals surface area contributed by atoms with Gasteiger partial charge < -0.3 is 0 Å². The molecule has 2 unspecified atom stereocenters. The summed E-state index contributed by atoms with van der Waals surface area (Å²) in [6, 6.07) is 0. The van der Waals surface area contributed by atoms with Gasteiger partial charge in [0.05, 0.1) is 0 Å². The van der Waals surface area contributed by atoms with Gasteiger partial charge in [-0.15, -0.1) is 23.5 Å². The molecule has 3 rings (SSSR count). The third-order valence-electron chi connectivity index (χ3n) is 3.19. The van der Waals surface area contributed by atoms with Crippen LogP contribution >= 0.6 is 70.6 Å². The SMILES string of the molecule is C1SC(CSC2CSC2)C(CSC2CSC2)S1. The maximum atomic E-state index is 2.25. The van der Waals surface area contributed by atoms with Crippen molar-refractivity contribution >= 4 is 70.6 Å². The molecule has 3 fully saturated rings. The Morgan fingerprint density at radius 2 is 1.24 bits per heavy atom. The van der Waals surface area contributed by atoms with Gasteiger partial charge in [-0.25, -0.2) is 0 Å². The first-order chi connectivity index (χ1) is 8.42. The lowest BCUT2D eigenvalue weighted by Crippen LogP contribution is -2.28. The van der Waals surface area contributed by atoms with E-state index in [9.17, 15) is 0 Å². The van der Waals surface area contributed by atoms with E-state index in [-0.39, 0.29) is 0 Å². The van der Waals surface area contributed by atoms with E-state index in [0.717, 1.165) is 21.0 Å². The van der Waals surface area contributed by atoms with Crippen molar-refractivity contribution in [3.8, 4) is 0 Å². The highest BCUT2D eigenvalue weighted by atomic mass is 32.2. The largest absolute Gasteiger partial charge is 0.160 e. The number of rotatable bonds is 6. The van der Waals surface area contributed by atoms with Crippen molar-refractivity contribution in [1.29, 1.82) is 0 Å². The van der Waals surface area contributed by atoms with E-state index < -0.39 is 0 Å². The topological polar surface area (TPSA) is 0 Å². The smallest absolute Gasteiger partial charge is 0.0399 e. The van der Waals surface area contributed by atoms with Crippen LogP contribution in [0.15, 0.2) is 0 Å². The zero-order chi connectivity index (χ0) is 11.5. The van der Waals surface area contributed by atoms with Crippen molar-refractivity contribution in [2.45, 2.75) is 21.0 Å². The van der Waals surface area contributed by atoms with Gasteiger partial charge in [-0.2, -0.15) is 47.0 Å². The van der Waals surface area contributed by atoms with E-state index in [1.54, 1.807) is 0 Å². The Morgan fingerprint density at radius 3 is 1.59 bits per heavy atom. The number of hydrogen-bond acceptors (Lipinski definition) is 6. The molecule has 0 nitrogen and oxygen atoms in total. The summed E-state index contributed by atoms with van der Waals surface area (Å²) in [5, 5.41) is 5.20. The molecule has 3 aliphatic rings. The van der Waals surface area contributed by atoms with Crippen molar-refractivity contribution < 1.29 is 0 Å². The second-order valence-corrected chi connectivity index (χ2v) is 12.2. The molecular formula is C11H18S6. The molecule has 0 aliphatic carbocycles. The van der Waals surface area contributed by atoms with Crippen molar-refractivity contribution in [2.75, 3.05) is 39.6 Å². The Labute approximate surface area is 130 Å². The first-order valence-corrected chi connectivity index (χ1v) is 12.5. The first kappa shape index (κ1) is 14.1. The molecule has 0 aromatic heterocycles. The van der Waals surface area contributed by atoms with E-state index >= 15 is 0 Å². The molecule has 6 heteroatoms. The molecule has 0 radical (unpaired) electrons. The van der Waals surface area contributed by atoms with Crippen LogP contribution in [0.2, 0.25) is 0 Å². The Morgan fingerprint density at radius 1 is 0.765 bits per heavy atom. The van der Waals surface area contributed by atoms with Gasteiger partial charge in [-0.1, -0.05) is 0 Å². The van der Waals surface area contributed by atoms with Crippen LogP contribution in [0.1, 0.15) is 0 Å². The molecule has 17 heavy (non-hydrogen) atoms. The summed E-state index contributed by atoms with van der Waals surface area (Å²) in [6.45, 7) is 0. The monoisotopic (exact) mass is 342 g/mol. The minimum Gasteiger partial charge on any atom is -0.160 e. The van der Waals surface area contributed by atoms with E-state index in [0.29, 0.717) is 0 Å². The maximum Gasteiger partial charge on any atom is 0.0399 e. The fourth-order valence-corrected chi connectivity index (χ4v) is 11.1. The van der Waals surface area contributed by atoms with E-state index in [2.05, 4.69) is 70.6 Å². The van der Waals surface area contributed by atoms with Gasteiger partial charge in [-0.05, 0) is 0 Å². The van der Waals surface area contributed by atoms with Crippen LogP contribution in [0.4, 0.5) is 0 Å². The molecule has 0 aromatic carbocycles. The highest BCUT2D eigenvalue weighted by molar-refractivity contribution is 8.20. The average Bonchev–Trinajstić information content (AvgIpc) is 2.61. The summed E-state index contributed by atoms with van der Waals surface area (Å²) < 4.78 is 0. The molecule has 0 aromatic rings. The van der Waals surface area contributed by atoms with Gasteiger partial charge >= 0.3 is 0 Å². The van der Waals surface area contributed by atoms with Crippen molar-refractivity contribution in [3.05, 3.63) is 0 Å². The highest BCUT2D eigenvalue weighted by Gasteiger charge is 2.31. The van der Waals surface area contributed by atoms with E-state index in [4.69, 9.17) is 0 Å². The van der Waals surface area contributed by atoms with Crippen LogP contribution < -0.4 is 0 Å². The van der Waals surface area contributed by atoms with Crippen LogP contribution in [0, 0.1) is 0 Å². The lowest BCUT2D eigenvalue weighted by molar-refractivity contribution is 0.949. The fraction of sp³-hybridized carbons (Fsp3) is 1.00. The number of thioether (sulfide) groups is 6. The summed E-state index contributed by atoms with van der Waals surface area (Å²) >= 11 is 13.2. The Bertz CT molecular complexity index is 216. The van der Waals surface area contributed by atoms with Gasteiger partial charge in [0.25, 0.3) is 0 Å². The second-order valence-electron chi connectivity index (χ2n) is 4.51. The average molecular weight is 343 g/mol. The summed E-state index contributed by atoms with van der Waals surface area (Å²) in [6.07, 6.45) is 0. The molecule has 98 valence electrons. The van der Waals surface area contributed by atoms with Crippen LogP contribution in [0.25, 0.3) is 0 Å². The Hall–Kier alpha value is 2.10. The molecule has 2 atom stereocenters. The fourth-order valence-electron chi connectivity index (χ4n) is 1.82. The van der Waals surface area contributed by atoms with E-state index in [1.165, 1.54) is 39.6 Å². The molecule has 0 spiro atoms. The third-order valence-corrected chi connectivity index (χ3v) is 12.8. The third kappa shape index (κ3) is 4.03. The Balaban J connectivity index is 1.36. The van der Waals surface area contributed by atoms with Gasteiger partial charge in [0.15, 0.2) is 0 Å². The molecular weight excluding hydrogens is 325 g/mol. The van der Waals surface area contributed by atoms with Gasteiger partial charge in [0, 0.05) is 60.6 Å². The summed E-state index contributed by atoms with van der Waals surface area (Å²) in [5.41, 5.74) is 0. The van der Waals surface area contributed by atoms with Gasteiger partial charge in [0.2, 0.25) is 0 Å². The molecule has 3 aliphatic heterocycles. The zero-order valence-electron chi connectivity index (χ0n) is 9.71. The summed E-state index contributed by atoms with van der Waals surface area (Å²) in [4.78, 5) is 0. The van der Waals surface area contributed by atoms with Crippen LogP contribution in [-0.2, 0) is 0 Å². The highest BCUT2D eigenvalue weighted by Crippen LogP contribution is 2.43. The zero-order valence-corrected chi connectivity index (χ0v) is 14.6. The lowest BCUT2D eigenvalue weighted by Gasteiger charge is -2.28. The maximum absolute atomic E-state index is 2.25. The second kappa shape index (κ2) is 7.21. The normalized spacial score (nSPS) is 34.6. The standard InChI is InChI=1S/C11H18S6/c1-8(2-12-1)14-5-10-11(17-7-16-10)6-15-9-3-13-4-9/h8-11H,1-7H2. The predicted octanol–water partition coefficient (Wildman–Crippen LogP) is 3.86. The van der Waals surface area contributed by atoms with Crippen molar-refractivity contribution in [1.82, 2.24) is 0 Å². The molecule has 0 saturated carbocycles. The Kier molecular flexibility index (Phi) is 5.96. The predicted molar refractivity (Wildman–Crippen MR) is 94.8 cm³/mol. The van der Waals surface area contributed by atoms with Crippen molar-refractivity contribution in [3.63, 3.8) is 0 Å². The van der Waals surface area contributed by atoms with Crippen LogP contribution in [0.3, 0.4) is 0 Å².